The van der Waals surface area contributed by atoms with Crippen LogP contribution in [0.3, 0.4) is 0 Å². The summed E-state index contributed by atoms with van der Waals surface area (Å²) < 4.78 is 69.8. The zero-order valence-electron chi connectivity index (χ0n) is 29.4. The van der Waals surface area contributed by atoms with Gasteiger partial charge in [-0.15, -0.1) is 0 Å². The molecule has 1 amide bonds. The van der Waals surface area contributed by atoms with E-state index in [4.69, 9.17) is 9.47 Å². The Morgan fingerprint density at radius 2 is 1.66 bits per heavy atom. The van der Waals surface area contributed by atoms with Crippen molar-refractivity contribution in [3.8, 4) is 16.9 Å². The molecule has 2 heterocycles. The number of amides is 1. The standard InChI is InChI=1S/C37H45F4N3O6/c1-20(2)10-31(44-17-24(8-9-43-18-27(19-43)50-7)29(15-32(44)45)37(39,40)41)36(48)42-30(16-33(46)47)28-14-25(11-23(5)35(28)38)34-21(3)12-26(49-6)13-22(34)4/h11-15,17,20,27,30-31H,8-10,16,18-19H2,1-7H3,(H,42,48)(H,46,47)/t30-,31?/m0/s1. The van der Waals surface area contributed by atoms with Crippen molar-refractivity contribution in [3.05, 3.63) is 86.1 Å². The van der Waals surface area contributed by atoms with Crippen molar-refractivity contribution in [1.82, 2.24) is 14.8 Å². The Balaban J connectivity index is 1.75. The molecule has 0 aliphatic carbocycles. The maximum absolute atomic E-state index is 15.9. The van der Waals surface area contributed by atoms with Crippen LogP contribution in [0, 0.1) is 32.5 Å². The van der Waals surface area contributed by atoms with Crippen LogP contribution in [0.5, 0.6) is 5.75 Å². The number of likely N-dealkylation sites (tertiary alicyclic amines) is 1. The van der Waals surface area contributed by atoms with Crippen molar-refractivity contribution in [2.24, 2.45) is 5.92 Å². The molecule has 9 nitrogen and oxygen atoms in total. The Hall–Kier alpha value is -4.23. The zero-order chi connectivity index (χ0) is 37.1. The van der Waals surface area contributed by atoms with Gasteiger partial charge < -0.3 is 24.5 Å². The van der Waals surface area contributed by atoms with E-state index in [0.717, 1.165) is 27.5 Å². The van der Waals surface area contributed by atoms with Crippen LogP contribution in [-0.2, 0) is 26.9 Å². The zero-order valence-corrected chi connectivity index (χ0v) is 29.4. The van der Waals surface area contributed by atoms with E-state index in [0.29, 0.717) is 30.5 Å². The number of hydrogen-bond acceptors (Lipinski definition) is 6. The summed E-state index contributed by atoms with van der Waals surface area (Å²) in [4.78, 5) is 41.4. The molecule has 1 aromatic heterocycles. The molecule has 13 heteroatoms. The summed E-state index contributed by atoms with van der Waals surface area (Å²) in [5.41, 5.74) is 0.940. The van der Waals surface area contributed by atoms with Crippen molar-refractivity contribution in [2.45, 2.75) is 78.2 Å². The number of pyridine rings is 1. The second kappa shape index (κ2) is 15.8. The van der Waals surface area contributed by atoms with Gasteiger partial charge in [-0.2, -0.15) is 13.2 Å². The lowest BCUT2D eigenvalue weighted by Crippen LogP contribution is -2.52. The van der Waals surface area contributed by atoms with E-state index in [1.807, 2.05) is 30.9 Å². The molecule has 4 rings (SSSR count). The van der Waals surface area contributed by atoms with E-state index in [9.17, 15) is 32.7 Å². The van der Waals surface area contributed by atoms with E-state index >= 15 is 4.39 Å². The van der Waals surface area contributed by atoms with Crippen LogP contribution in [0.15, 0.2) is 41.3 Å². The van der Waals surface area contributed by atoms with Crippen LogP contribution in [0.25, 0.3) is 11.1 Å². The summed E-state index contributed by atoms with van der Waals surface area (Å²) in [6.45, 7) is 10.3. The molecule has 0 saturated carbocycles. The average Bonchev–Trinajstić information content (AvgIpc) is 2.99. The highest BCUT2D eigenvalue weighted by molar-refractivity contribution is 5.82. The highest BCUT2D eigenvalue weighted by atomic mass is 19.4. The van der Waals surface area contributed by atoms with Crippen LogP contribution in [0.4, 0.5) is 17.6 Å². The summed E-state index contributed by atoms with van der Waals surface area (Å²) in [6, 6.07) is 4.62. The first-order valence-corrected chi connectivity index (χ1v) is 16.5. The molecule has 1 aliphatic heterocycles. The summed E-state index contributed by atoms with van der Waals surface area (Å²) in [5, 5.41) is 12.5. The highest BCUT2D eigenvalue weighted by Crippen LogP contribution is 2.36. The minimum absolute atomic E-state index is 0.00230. The van der Waals surface area contributed by atoms with E-state index in [-0.39, 0.29) is 48.1 Å². The molecular formula is C37H45F4N3O6. The van der Waals surface area contributed by atoms with Crippen LogP contribution in [0.2, 0.25) is 0 Å². The van der Waals surface area contributed by atoms with Crippen molar-refractivity contribution in [1.29, 1.82) is 0 Å². The Labute approximate surface area is 289 Å². The second-order valence-electron chi connectivity index (χ2n) is 13.5. The van der Waals surface area contributed by atoms with E-state index in [1.165, 1.54) is 13.0 Å². The maximum atomic E-state index is 15.9. The molecule has 1 saturated heterocycles. The number of hydrogen-bond donors (Lipinski definition) is 2. The van der Waals surface area contributed by atoms with Gasteiger partial charge in [0, 0.05) is 44.6 Å². The molecule has 0 bridgehead atoms. The Morgan fingerprint density at radius 3 is 2.20 bits per heavy atom. The largest absolute Gasteiger partial charge is 0.497 e. The molecule has 2 aromatic carbocycles. The number of nitrogens with zero attached hydrogens (tertiary/aromatic N) is 2. The van der Waals surface area contributed by atoms with Gasteiger partial charge in [-0.1, -0.05) is 13.8 Å². The number of carboxylic acid groups (broad SMARTS) is 1. The molecule has 3 aromatic rings. The van der Waals surface area contributed by atoms with E-state index < -0.39 is 53.5 Å². The van der Waals surface area contributed by atoms with Gasteiger partial charge in [-0.25, -0.2) is 4.39 Å². The Kier molecular flexibility index (Phi) is 12.2. The minimum atomic E-state index is -4.80. The third kappa shape index (κ3) is 8.91. The smallest absolute Gasteiger partial charge is 0.416 e. The number of alkyl halides is 3. The number of halogens is 4. The van der Waals surface area contributed by atoms with E-state index in [1.54, 1.807) is 34.1 Å². The molecule has 0 radical (unpaired) electrons. The predicted molar refractivity (Wildman–Crippen MR) is 181 cm³/mol. The number of ether oxygens (including phenoxy) is 2. The molecule has 2 atom stereocenters. The quantitative estimate of drug-likeness (QED) is 0.187. The van der Waals surface area contributed by atoms with Crippen LogP contribution in [0.1, 0.15) is 72.2 Å². The molecule has 0 spiro atoms. The number of methoxy groups -OCH3 is 2. The second-order valence-corrected chi connectivity index (χ2v) is 13.5. The number of aromatic nitrogens is 1. The predicted octanol–water partition coefficient (Wildman–Crippen LogP) is 6.40. The Bertz CT molecular complexity index is 1760. The lowest BCUT2D eigenvalue weighted by molar-refractivity contribution is -0.139. The Morgan fingerprint density at radius 1 is 1.02 bits per heavy atom. The molecule has 2 N–H and O–H groups in total. The number of benzene rings is 2. The van der Waals surface area contributed by atoms with Gasteiger partial charge in [0.05, 0.1) is 31.2 Å². The SMILES string of the molecule is COc1cc(C)c(-c2cc(C)c(F)c([C@H](CC(=O)O)NC(=O)C(CC(C)C)n3cc(CCN4CC(OC)C4)c(C(F)(F)F)cc3=O)c2)c(C)c1. The normalized spacial score (nSPS) is 15.1. The molecule has 272 valence electrons. The van der Waals surface area contributed by atoms with Gasteiger partial charge in [-0.3, -0.25) is 19.3 Å². The maximum Gasteiger partial charge on any atom is 0.416 e. The number of aliphatic carboxylic acids is 1. The van der Waals surface area contributed by atoms with Gasteiger partial charge >= 0.3 is 12.1 Å². The molecule has 1 fully saturated rings. The monoisotopic (exact) mass is 703 g/mol. The van der Waals surface area contributed by atoms with Gasteiger partial charge in [0.15, 0.2) is 0 Å². The van der Waals surface area contributed by atoms with Crippen molar-refractivity contribution in [2.75, 3.05) is 33.9 Å². The summed E-state index contributed by atoms with van der Waals surface area (Å²) in [6.07, 6.45) is -4.40. The fraction of sp³-hybridized carbons (Fsp3) is 0.486. The summed E-state index contributed by atoms with van der Waals surface area (Å²) in [5.74, 6) is -2.40. The molecule has 1 unspecified atom stereocenters. The van der Waals surface area contributed by atoms with Crippen LogP contribution in [-0.4, -0.2) is 66.4 Å². The minimum Gasteiger partial charge on any atom is -0.497 e. The number of carbonyl (C=O) groups excluding carboxylic acids is 1. The van der Waals surface area contributed by atoms with Crippen LogP contribution >= 0.6 is 0 Å². The first-order chi connectivity index (χ1) is 23.4. The number of nitrogens with one attached hydrogen (secondary N) is 1. The number of carboxylic acids is 1. The van der Waals surface area contributed by atoms with Crippen LogP contribution < -0.4 is 15.6 Å². The molecular weight excluding hydrogens is 658 g/mol. The highest BCUT2D eigenvalue weighted by Gasteiger charge is 2.36. The van der Waals surface area contributed by atoms with E-state index in [2.05, 4.69) is 5.32 Å². The third-order valence-electron chi connectivity index (χ3n) is 9.14. The molecule has 50 heavy (non-hydrogen) atoms. The first kappa shape index (κ1) is 38.6. The third-order valence-corrected chi connectivity index (χ3v) is 9.14. The number of carbonyl (C=O) groups is 2. The molecule has 1 aliphatic rings. The lowest BCUT2D eigenvalue weighted by Gasteiger charge is -2.38. The summed E-state index contributed by atoms with van der Waals surface area (Å²) in [7, 11) is 3.11. The fourth-order valence-electron chi connectivity index (χ4n) is 6.60. The van der Waals surface area contributed by atoms with Gasteiger partial charge in [-0.05, 0) is 97.2 Å². The van der Waals surface area contributed by atoms with Crippen molar-refractivity contribution < 1.29 is 41.7 Å². The average molecular weight is 704 g/mol. The number of aryl methyl sites for hydroxylation is 3. The lowest BCUT2D eigenvalue weighted by atomic mass is 9.90. The number of rotatable bonds is 14. The topological polar surface area (TPSA) is 110 Å². The first-order valence-electron chi connectivity index (χ1n) is 16.5. The summed E-state index contributed by atoms with van der Waals surface area (Å²) >= 11 is 0. The van der Waals surface area contributed by atoms with Gasteiger partial charge in [0.1, 0.15) is 17.6 Å². The van der Waals surface area contributed by atoms with Gasteiger partial charge in [0.2, 0.25) is 5.91 Å². The van der Waals surface area contributed by atoms with Gasteiger partial charge in [0.25, 0.3) is 5.56 Å². The van der Waals surface area contributed by atoms with Crippen molar-refractivity contribution >= 4 is 11.9 Å². The fourth-order valence-corrected chi connectivity index (χ4v) is 6.60. The van der Waals surface area contributed by atoms with Crippen molar-refractivity contribution in [3.63, 3.8) is 0 Å².